The van der Waals surface area contributed by atoms with E-state index in [4.69, 9.17) is 5.73 Å². The molecule has 1 aromatic rings. The molecule has 1 heterocycles. The summed E-state index contributed by atoms with van der Waals surface area (Å²) in [6, 6.07) is 1.32. The highest BCUT2D eigenvalue weighted by molar-refractivity contribution is 9.10. The van der Waals surface area contributed by atoms with Crippen LogP contribution in [0.15, 0.2) is 16.7 Å². The van der Waals surface area contributed by atoms with Gasteiger partial charge in [-0.3, -0.25) is 0 Å². The van der Waals surface area contributed by atoms with Gasteiger partial charge in [-0.25, -0.2) is 4.98 Å². The number of nitrogen functional groups attached to an aromatic ring is 1. The van der Waals surface area contributed by atoms with E-state index in [1.807, 2.05) is 0 Å². The number of hydrogen-bond acceptors (Lipinski definition) is 2. The van der Waals surface area contributed by atoms with Crippen LogP contribution in [0.25, 0.3) is 0 Å². The van der Waals surface area contributed by atoms with Crippen LogP contribution in [0.1, 0.15) is 5.56 Å². The predicted octanol–water partition coefficient (Wildman–Crippen LogP) is 2.53. The lowest BCUT2D eigenvalue weighted by Crippen LogP contribution is -2.13. The molecule has 1 aromatic heterocycles. The lowest BCUT2D eigenvalue weighted by atomic mass is 10.2. The summed E-state index contributed by atoms with van der Waals surface area (Å²) in [7, 11) is 0. The fraction of sp³-hybridized carbons (Fsp3) is 0.286. The molecule has 2 N–H and O–H groups in total. The first kappa shape index (κ1) is 10.3. The quantitative estimate of drug-likeness (QED) is 0.837. The van der Waals surface area contributed by atoms with E-state index in [1.165, 1.54) is 12.3 Å². The molecule has 72 valence electrons. The van der Waals surface area contributed by atoms with Crippen LogP contribution in [0.3, 0.4) is 0 Å². The molecular formula is C7H6BrF3N2. The van der Waals surface area contributed by atoms with Gasteiger partial charge in [0.05, 0.1) is 6.42 Å². The van der Waals surface area contributed by atoms with Gasteiger partial charge in [-0.15, -0.1) is 0 Å². The SMILES string of the molecule is Nc1ncc(Br)cc1CC(F)(F)F. The predicted molar refractivity (Wildman–Crippen MR) is 46.1 cm³/mol. The van der Waals surface area contributed by atoms with E-state index in [0.717, 1.165) is 0 Å². The van der Waals surface area contributed by atoms with Crippen molar-refractivity contribution in [2.45, 2.75) is 12.6 Å². The lowest BCUT2D eigenvalue weighted by Gasteiger charge is -2.08. The van der Waals surface area contributed by atoms with Gasteiger partial charge < -0.3 is 5.73 Å². The van der Waals surface area contributed by atoms with Gasteiger partial charge in [-0.2, -0.15) is 13.2 Å². The van der Waals surface area contributed by atoms with Crippen LogP contribution in [-0.4, -0.2) is 11.2 Å². The molecule has 0 spiro atoms. The molecule has 0 bridgehead atoms. The second-order valence-electron chi connectivity index (χ2n) is 2.49. The third-order valence-corrected chi connectivity index (χ3v) is 1.79. The van der Waals surface area contributed by atoms with E-state index >= 15 is 0 Å². The number of alkyl halides is 3. The van der Waals surface area contributed by atoms with Crippen molar-refractivity contribution in [1.29, 1.82) is 0 Å². The second kappa shape index (κ2) is 3.53. The summed E-state index contributed by atoms with van der Waals surface area (Å²) in [6.07, 6.45) is -3.95. The van der Waals surface area contributed by atoms with Crippen LogP contribution in [0, 0.1) is 0 Å². The van der Waals surface area contributed by atoms with Gasteiger partial charge in [0.15, 0.2) is 0 Å². The molecule has 0 saturated heterocycles. The molecule has 0 radical (unpaired) electrons. The van der Waals surface area contributed by atoms with Gasteiger partial charge in [0.25, 0.3) is 0 Å². The molecule has 0 amide bonds. The normalized spacial score (nSPS) is 11.7. The Bertz CT molecular complexity index is 311. The van der Waals surface area contributed by atoms with Crippen LogP contribution in [0.5, 0.6) is 0 Å². The Kier molecular flexibility index (Phi) is 2.80. The van der Waals surface area contributed by atoms with Gasteiger partial charge in [0.2, 0.25) is 0 Å². The highest BCUT2D eigenvalue weighted by atomic mass is 79.9. The number of rotatable bonds is 1. The van der Waals surface area contributed by atoms with Crippen LogP contribution in [0.4, 0.5) is 19.0 Å². The van der Waals surface area contributed by atoms with Crippen molar-refractivity contribution in [2.75, 3.05) is 5.73 Å². The largest absolute Gasteiger partial charge is 0.393 e. The minimum atomic E-state index is -4.25. The molecule has 0 unspecified atom stereocenters. The van der Waals surface area contributed by atoms with Crippen molar-refractivity contribution in [3.8, 4) is 0 Å². The summed E-state index contributed by atoms with van der Waals surface area (Å²) in [5.41, 5.74) is 5.25. The van der Waals surface area contributed by atoms with Gasteiger partial charge >= 0.3 is 6.18 Å². The Morgan fingerprint density at radius 2 is 2.08 bits per heavy atom. The summed E-state index contributed by atoms with van der Waals surface area (Å²) < 4.78 is 36.4. The molecule has 0 aliphatic rings. The summed E-state index contributed by atoms with van der Waals surface area (Å²) in [5.74, 6) is -0.0828. The number of aromatic nitrogens is 1. The molecule has 0 atom stereocenters. The summed E-state index contributed by atoms with van der Waals surface area (Å²) in [6.45, 7) is 0. The Labute approximate surface area is 81.1 Å². The first-order valence-electron chi connectivity index (χ1n) is 3.35. The zero-order valence-corrected chi connectivity index (χ0v) is 7.98. The number of anilines is 1. The molecule has 0 fully saturated rings. The van der Waals surface area contributed by atoms with Crippen molar-refractivity contribution in [3.05, 3.63) is 22.3 Å². The second-order valence-corrected chi connectivity index (χ2v) is 3.41. The Balaban J connectivity index is 2.94. The third-order valence-electron chi connectivity index (χ3n) is 1.36. The maximum Gasteiger partial charge on any atom is 0.393 e. The third kappa shape index (κ3) is 3.22. The molecule has 1 rings (SSSR count). The van der Waals surface area contributed by atoms with E-state index in [-0.39, 0.29) is 11.4 Å². The number of nitrogens with two attached hydrogens (primary N) is 1. The lowest BCUT2D eigenvalue weighted by molar-refractivity contribution is -0.127. The number of pyridine rings is 1. The highest BCUT2D eigenvalue weighted by Gasteiger charge is 2.28. The molecule has 0 aromatic carbocycles. The standard InChI is InChI=1S/C7H6BrF3N2/c8-5-1-4(2-7(9,10)11)6(12)13-3-5/h1,3H,2H2,(H2,12,13). The van der Waals surface area contributed by atoms with E-state index in [0.29, 0.717) is 4.47 Å². The van der Waals surface area contributed by atoms with Crippen molar-refractivity contribution in [1.82, 2.24) is 4.98 Å². The molecular weight excluding hydrogens is 249 g/mol. The Hall–Kier alpha value is -0.780. The van der Waals surface area contributed by atoms with E-state index in [9.17, 15) is 13.2 Å². The van der Waals surface area contributed by atoms with Crippen LogP contribution in [-0.2, 0) is 6.42 Å². The Morgan fingerprint density at radius 3 is 2.62 bits per heavy atom. The van der Waals surface area contributed by atoms with E-state index in [2.05, 4.69) is 20.9 Å². The smallest absolute Gasteiger partial charge is 0.383 e. The van der Waals surface area contributed by atoms with Crippen molar-refractivity contribution in [3.63, 3.8) is 0 Å². The van der Waals surface area contributed by atoms with Crippen LogP contribution < -0.4 is 5.73 Å². The van der Waals surface area contributed by atoms with Crippen molar-refractivity contribution >= 4 is 21.7 Å². The maximum absolute atomic E-state index is 12.0. The van der Waals surface area contributed by atoms with Gasteiger partial charge in [-0.1, -0.05) is 0 Å². The fourth-order valence-corrected chi connectivity index (χ4v) is 1.23. The summed E-state index contributed by atoms with van der Waals surface area (Å²) >= 11 is 3.02. The van der Waals surface area contributed by atoms with E-state index < -0.39 is 12.6 Å². The minimum absolute atomic E-state index is 0.0122. The molecule has 2 nitrogen and oxygen atoms in total. The average molecular weight is 255 g/mol. The number of nitrogens with zero attached hydrogens (tertiary/aromatic N) is 1. The monoisotopic (exact) mass is 254 g/mol. The fourth-order valence-electron chi connectivity index (χ4n) is 0.849. The summed E-state index contributed by atoms with van der Waals surface area (Å²) in [4.78, 5) is 3.59. The van der Waals surface area contributed by atoms with Gasteiger partial charge in [-0.05, 0) is 22.0 Å². The molecule has 13 heavy (non-hydrogen) atoms. The van der Waals surface area contributed by atoms with Gasteiger partial charge in [0, 0.05) is 16.2 Å². The first-order chi connectivity index (χ1) is 5.88. The van der Waals surface area contributed by atoms with Crippen molar-refractivity contribution in [2.24, 2.45) is 0 Å². The molecule has 0 aliphatic heterocycles. The van der Waals surface area contributed by atoms with Crippen LogP contribution >= 0.6 is 15.9 Å². The molecule has 0 saturated carbocycles. The average Bonchev–Trinajstić information content (AvgIpc) is 1.94. The minimum Gasteiger partial charge on any atom is -0.383 e. The van der Waals surface area contributed by atoms with Crippen molar-refractivity contribution < 1.29 is 13.2 Å². The summed E-state index contributed by atoms with van der Waals surface area (Å²) in [5, 5.41) is 0. The zero-order chi connectivity index (χ0) is 10.1. The number of halogens is 4. The zero-order valence-electron chi connectivity index (χ0n) is 6.40. The topological polar surface area (TPSA) is 38.9 Å². The maximum atomic E-state index is 12.0. The highest BCUT2D eigenvalue weighted by Crippen LogP contribution is 2.25. The molecule has 6 heteroatoms. The number of hydrogen-bond donors (Lipinski definition) is 1. The van der Waals surface area contributed by atoms with Crippen LogP contribution in [0.2, 0.25) is 0 Å². The first-order valence-corrected chi connectivity index (χ1v) is 4.14. The molecule has 0 aliphatic carbocycles. The van der Waals surface area contributed by atoms with E-state index in [1.54, 1.807) is 0 Å². The Morgan fingerprint density at radius 1 is 1.46 bits per heavy atom. The van der Waals surface area contributed by atoms with Gasteiger partial charge in [0.1, 0.15) is 5.82 Å².